The quantitative estimate of drug-likeness (QED) is 0.208. The van der Waals surface area contributed by atoms with Crippen molar-refractivity contribution in [2.45, 2.75) is 6.42 Å². The fourth-order valence-electron chi connectivity index (χ4n) is 4.98. The molecule has 4 aromatic heterocycles. The van der Waals surface area contributed by atoms with Crippen molar-refractivity contribution < 1.29 is 4.79 Å². The second-order valence-electron chi connectivity index (χ2n) is 9.43. The number of nitrogens with one attached hydrogen (secondary N) is 3. The van der Waals surface area contributed by atoms with Crippen molar-refractivity contribution in [2.24, 2.45) is 0 Å². The normalized spacial score (nSPS) is 11.3. The van der Waals surface area contributed by atoms with Crippen LogP contribution in [0.2, 0.25) is 0 Å². The van der Waals surface area contributed by atoms with Gasteiger partial charge in [-0.15, -0.1) is 11.3 Å². The molecular formula is C32H23N5OS. The van der Waals surface area contributed by atoms with Crippen LogP contribution in [0.3, 0.4) is 0 Å². The molecular weight excluding hydrogens is 502 g/mol. The Kier molecular flexibility index (Phi) is 5.75. The number of aromatic nitrogens is 4. The van der Waals surface area contributed by atoms with Gasteiger partial charge in [-0.3, -0.25) is 14.9 Å². The molecule has 1 amide bonds. The molecule has 3 N–H and O–H groups in total. The molecule has 4 heterocycles. The van der Waals surface area contributed by atoms with E-state index in [4.69, 9.17) is 0 Å². The van der Waals surface area contributed by atoms with Crippen molar-refractivity contribution in [3.8, 4) is 33.0 Å². The van der Waals surface area contributed by atoms with Crippen molar-refractivity contribution in [1.29, 1.82) is 0 Å². The minimum atomic E-state index is -0.0755. The number of hydrogen-bond donors (Lipinski definition) is 3. The van der Waals surface area contributed by atoms with E-state index >= 15 is 0 Å². The number of anilines is 1. The number of amides is 1. The minimum absolute atomic E-state index is 0.0755. The summed E-state index contributed by atoms with van der Waals surface area (Å²) in [6.07, 6.45) is 3.79. The molecule has 7 heteroatoms. The van der Waals surface area contributed by atoms with Gasteiger partial charge in [-0.2, -0.15) is 5.10 Å². The van der Waals surface area contributed by atoms with Gasteiger partial charge in [0.15, 0.2) is 0 Å². The second-order valence-corrected chi connectivity index (χ2v) is 10.4. The number of fused-ring (bicyclic) bond motifs is 2. The van der Waals surface area contributed by atoms with Crippen molar-refractivity contribution in [3.05, 3.63) is 114 Å². The van der Waals surface area contributed by atoms with E-state index in [-0.39, 0.29) is 5.91 Å². The highest BCUT2D eigenvalue weighted by molar-refractivity contribution is 7.13. The third kappa shape index (κ3) is 4.49. The zero-order chi connectivity index (χ0) is 26.2. The van der Waals surface area contributed by atoms with Gasteiger partial charge in [-0.25, -0.2) is 0 Å². The second kappa shape index (κ2) is 9.70. The molecule has 0 bridgehead atoms. The number of aromatic amines is 2. The summed E-state index contributed by atoms with van der Waals surface area (Å²) >= 11 is 1.74. The van der Waals surface area contributed by atoms with Crippen molar-refractivity contribution in [3.63, 3.8) is 0 Å². The Labute approximate surface area is 228 Å². The summed E-state index contributed by atoms with van der Waals surface area (Å²) in [7, 11) is 0. The minimum Gasteiger partial charge on any atom is -0.353 e. The van der Waals surface area contributed by atoms with Gasteiger partial charge in [-0.1, -0.05) is 54.6 Å². The van der Waals surface area contributed by atoms with Crippen LogP contribution in [-0.2, 0) is 11.2 Å². The molecule has 7 aromatic rings. The molecule has 0 saturated heterocycles. The summed E-state index contributed by atoms with van der Waals surface area (Å²) in [5.41, 5.74) is 8.60. The van der Waals surface area contributed by atoms with Gasteiger partial charge in [0.1, 0.15) is 5.69 Å². The topological polar surface area (TPSA) is 86.5 Å². The summed E-state index contributed by atoms with van der Waals surface area (Å²) in [6, 6.07) is 30.6. The molecule has 0 aliphatic carbocycles. The molecule has 0 aliphatic rings. The Morgan fingerprint density at radius 1 is 0.821 bits per heavy atom. The zero-order valence-electron chi connectivity index (χ0n) is 20.8. The van der Waals surface area contributed by atoms with E-state index in [1.165, 1.54) is 15.8 Å². The summed E-state index contributed by atoms with van der Waals surface area (Å²) < 4.78 is 0. The van der Waals surface area contributed by atoms with Crippen LogP contribution in [0.1, 0.15) is 5.56 Å². The van der Waals surface area contributed by atoms with Gasteiger partial charge in [-0.05, 0) is 52.9 Å². The number of benzene rings is 3. The number of carbonyl (C=O) groups is 1. The fraction of sp³-hybridized carbons (Fsp3) is 0.0312. The molecule has 39 heavy (non-hydrogen) atoms. The largest absolute Gasteiger partial charge is 0.353 e. The highest BCUT2D eigenvalue weighted by Gasteiger charge is 2.15. The predicted molar refractivity (Wildman–Crippen MR) is 159 cm³/mol. The lowest BCUT2D eigenvalue weighted by Crippen LogP contribution is -2.14. The molecule has 0 radical (unpaired) electrons. The standard InChI is InChI=1S/C32H23N5OS/c38-31(14-20-6-2-1-3-7-20)34-23-15-22(18-33-19-23)21-11-12-28-26(16-21)32(37-36-28)29-17-25-24(30-10-5-13-39-30)8-4-9-27(25)35-29/h1-13,15-19,35H,14H2,(H,34,38)(H,36,37). The maximum Gasteiger partial charge on any atom is 0.228 e. The lowest BCUT2D eigenvalue weighted by atomic mass is 10.0. The van der Waals surface area contributed by atoms with E-state index in [9.17, 15) is 4.79 Å². The Morgan fingerprint density at radius 3 is 2.62 bits per heavy atom. The SMILES string of the molecule is O=C(Cc1ccccc1)Nc1cncc(-c2ccc3[nH]nc(-c4cc5c(-c6cccs6)cccc5[nH]4)c3c2)c1. The van der Waals surface area contributed by atoms with Crippen molar-refractivity contribution in [1.82, 2.24) is 20.2 Å². The molecule has 0 fully saturated rings. The first-order valence-electron chi connectivity index (χ1n) is 12.6. The lowest BCUT2D eigenvalue weighted by molar-refractivity contribution is -0.115. The maximum atomic E-state index is 12.6. The molecule has 0 saturated carbocycles. The number of carbonyl (C=O) groups excluding carboxylic acids is 1. The first-order valence-corrected chi connectivity index (χ1v) is 13.5. The predicted octanol–water partition coefficient (Wildman–Crippen LogP) is 7.68. The van der Waals surface area contributed by atoms with Crippen molar-refractivity contribution >= 4 is 44.7 Å². The zero-order valence-corrected chi connectivity index (χ0v) is 21.6. The number of pyridine rings is 1. The molecule has 7 rings (SSSR count). The molecule has 0 aliphatic heterocycles. The average Bonchev–Trinajstić information content (AvgIpc) is 3.73. The summed E-state index contributed by atoms with van der Waals surface area (Å²) in [4.78, 5) is 21.8. The highest BCUT2D eigenvalue weighted by Crippen LogP contribution is 2.36. The first-order chi connectivity index (χ1) is 19.2. The molecule has 3 aromatic carbocycles. The van der Waals surface area contributed by atoms with Gasteiger partial charge in [0.05, 0.1) is 29.5 Å². The van der Waals surface area contributed by atoms with E-state index < -0.39 is 0 Å². The summed E-state index contributed by atoms with van der Waals surface area (Å²) in [5, 5.41) is 15.1. The van der Waals surface area contributed by atoms with Gasteiger partial charge < -0.3 is 10.3 Å². The van der Waals surface area contributed by atoms with Crippen LogP contribution < -0.4 is 5.32 Å². The fourth-order valence-corrected chi connectivity index (χ4v) is 5.75. The molecule has 0 unspecified atom stereocenters. The first kappa shape index (κ1) is 23.1. The summed E-state index contributed by atoms with van der Waals surface area (Å²) in [6.45, 7) is 0. The van der Waals surface area contributed by atoms with E-state index in [0.717, 1.165) is 44.5 Å². The average molecular weight is 526 g/mol. The Morgan fingerprint density at radius 2 is 1.74 bits per heavy atom. The monoisotopic (exact) mass is 525 g/mol. The number of rotatable bonds is 6. The lowest BCUT2D eigenvalue weighted by Gasteiger charge is -2.08. The number of hydrogen-bond acceptors (Lipinski definition) is 4. The van der Waals surface area contributed by atoms with E-state index in [2.05, 4.69) is 73.3 Å². The van der Waals surface area contributed by atoms with Gasteiger partial charge >= 0.3 is 0 Å². The molecule has 0 spiro atoms. The molecule has 6 nitrogen and oxygen atoms in total. The van der Waals surface area contributed by atoms with Crippen molar-refractivity contribution in [2.75, 3.05) is 5.32 Å². The van der Waals surface area contributed by atoms with Gasteiger partial charge in [0.25, 0.3) is 0 Å². The molecule has 0 atom stereocenters. The molecule has 188 valence electrons. The van der Waals surface area contributed by atoms with E-state index in [1.807, 2.05) is 54.7 Å². The van der Waals surface area contributed by atoms with Crippen LogP contribution in [0.15, 0.2) is 109 Å². The third-order valence-corrected chi connectivity index (χ3v) is 7.73. The van der Waals surface area contributed by atoms with Crippen LogP contribution in [0.5, 0.6) is 0 Å². The number of H-pyrrole nitrogens is 2. The summed E-state index contributed by atoms with van der Waals surface area (Å²) in [5.74, 6) is -0.0755. The number of thiophene rings is 1. The van der Waals surface area contributed by atoms with E-state index in [0.29, 0.717) is 12.1 Å². The third-order valence-electron chi connectivity index (χ3n) is 6.83. The van der Waals surface area contributed by atoms with Crippen LogP contribution in [0, 0.1) is 0 Å². The van der Waals surface area contributed by atoms with Crippen LogP contribution >= 0.6 is 11.3 Å². The van der Waals surface area contributed by atoms with Crippen LogP contribution in [-0.4, -0.2) is 26.1 Å². The Bertz CT molecular complexity index is 1940. The Hall–Kier alpha value is -5.01. The highest BCUT2D eigenvalue weighted by atomic mass is 32.1. The van der Waals surface area contributed by atoms with Gasteiger partial charge in [0, 0.05) is 38.5 Å². The maximum absolute atomic E-state index is 12.6. The smallest absolute Gasteiger partial charge is 0.228 e. The van der Waals surface area contributed by atoms with Crippen LogP contribution in [0.4, 0.5) is 5.69 Å². The van der Waals surface area contributed by atoms with E-state index in [1.54, 1.807) is 17.5 Å². The number of nitrogens with zero attached hydrogens (tertiary/aromatic N) is 2. The van der Waals surface area contributed by atoms with Gasteiger partial charge in [0.2, 0.25) is 5.91 Å². The van der Waals surface area contributed by atoms with Crippen LogP contribution in [0.25, 0.3) is 54.8 Å². The Balaban J connectivity index is 1.21.